The lowest BCUT2D eigenvalue weighted by Crippen LogP contribution is -2.38. The molecule has 0 unspecified atom stereocenters. The highest BCUT2D eigenvalue weighted by molar-refractivity contribution is 7.09. The number of hydrogen-bond donors (Lipinski definition) is 1. The molecule has 1 aliphatic heterocycles. The molecule has 2 aromatic rings. The highest BCUT2D eigenvalue weighted by Gasteiger charge is 2.27. The lowest BCUT2D eigenvalue weighted by atomic mass is 9.98. The van der Waals surface area contributed by atoms with Gasteiger partial charge in [-0.2, -0.15) is 0 Å². The van der Waals surface area contributed by atoms with Crippen LogP contribution in [0, 0.1) is 12.3 Å². The number of nitrogens with one attached hydrogen (secondary N) is 1. The van der Waals surface area contributed by atoms with Gasteiger partial charge < -0.3 is 19.4 Å². The fourth-order valence-corrected chi connectivity index (χ4v) is 3.73. The lowest BCUT2D eigenvalue weighted by molar-refractivity contribution is 0.0943. The molecule has 1 N–H and O–H groups in total. The second-order valence-electron chi connectivity index (χ2n) is 5.85. The molecule has 3 heterocycles. The zero-order valence-electron chi connectivity index (χ0n) is 14.1. The van der Waals surface area contributed by atoms with E-state index in [0.717, 1.165) is 17.8 Å². The minimum absolute atomic E-state index is 0.0122. The van der Waals surface area contributed by atoms with Crippen LogP contribution in [-0.4, -0.2) is 41.6 Å². The van der Waals surface area contributed by atoms with Crippen LogP contribution in [0.5, 0.6) is 0 Å². The van der Waals surface area contributed by atoms with Crippen LogP contribution in [0.4, 0.5) is 4.79 Å². The van der Waals surface area contributed by atoms with Crippen molar-refractivity contribution in [3.05, 3.63) is 40.2 Å². The van der Waals surface area contributed by atoms with E-state index < -0.39 is 0 Å². The summed E-state index contributed by atoms with van der Waals surface area (Å²) < 4.78 is 10.1. The van der Waals surface area contributed by atoms with Gasteiger partial charge in [-0.25, -0.2) is 9.78 Å². The first kappa shape index (κ1) is 18.0. The molecule has 3 rings (SSSR count). The Balaban J connectivity index is 1.50. The van der Waals surface area contributed by atoms with E-state index in [0.29, 0.717) is 31.1 Å². The van der Waals surface area contributed by atoms with Crippen molar-refractivity contribution >= 4 is 23.3 Å². The third-order valence-electron chi connectivity index (χ3n) is 4.14. The number of nitrogens with zero attached hydrogens (tertiary/aromatic N) is 2. The van der Waals surface area contributed by atoms with Crippen LogP contribution in [-0.2, 0) is 11.3 Å². The van der Waals surface area contributed by atoms with Gasteiger partial charge in [0, 0.05) is 24.4 Å². The van der Waals surface area contributed by atoms with Crippen molar-refractivity contribution in [2.45, 2.75) is 25.3 Å². The molecule has 26 heavy (non-hydrogen) atoms. The molecule has 0 bridgehead atoms. The predicted molar refractivity (Wildman–Crippen MR) is 95.7 cm³/mol. The second-order valence-corrected chi connectivity index (χ2v) is 6.74. The number of ether oxygens (including phenoxy) is 1. The average molecular weight is 373 g/mol. The molecule has 8 heteroatoms. The predicted octanol–water partition coefficient (Wildman–Crippen LogP) is 2.62. The topological polar surface area (TPSA) is 84.7 Å². The molecule has 0 saturated carbocycles. The molecule has 7 nitrogen and oxygen atoms in total. The van der Waals surface area contributed by atoms with E-state index in [1.165, 1.54) is 11.3 Å². The Bertz CT molecular complexity index is 786. The summed E-state index contributed by atoms with van der Waals surface area (Å²) in [6.07, 6.45) is 7.85. The summed E-state index contributed by atoms with van der Waals surface area (Å²) in [4.78, 5) is 30.1. The SMILES string of the molecule is C#CCOC(=O)N1CCC(c2nc(C(=O)NCc3ccco3)cs2)CC1. The van der Waals surface area contributed by atoms with Gasteiger partial charge in [-0.3, -0.25) is 4.79 Å². The normalized spacial score (nSPS) is 14.7. The molecule has 0 spiro atoms. The third-order valence-corrected chi connectivity index (χ3v) is 5.15. The molecule has 0 radical (unpaired) electrons. The molecule has 1 aliphatic rings. The molecule has 1 saturated heterocycles. The van der Waals surface area contributed by atoms with Gasteiger partial charge in [0.2, 0.25) is 0 Å². The smallest absolute Gasteiger partial charge is 0.410 e. The van der Waals surface area contributed by atoms with Crippen molar-refractivity contribution in [1.82, 2.24) is 15.2 Å². The first-order chi connectivity index (χ1) is 12.7. The summed E-state index contributed by atoms with van der Waals surface area (Å²) in [5.74, 6) is 2.99. The summed E-state index contributed by atoms with van der Waals surface area (Å²) >= 11 is 1.47. The zero-order chi connectivity index (χ0) is 18.4. The van der Waals surface area contributed by atoms with E-state index in [4.69, 9.17) is 15.6 Å². The van der Waals surface area contributed by atoms with Gasteiger partial charge in [0.05, 0.1) is 17.8 Å². The Labute approximate surface area is 155 Å². The van der Waals surface area contributed by atoms with Crippen LogP contribution in [0.2, 0.25) is 0 Å². The average Bonchev–Trinajstić information content (AvgIpc) is 3.36. The second kappa shape index (κ2) is 8.54. The van der Waals surface area contributed by atoms with Crippen LogP contribution >= 0.6 is 11.3 Å². The molecular weight excluding hydrogens is 354 g/mol. The maximum Gasteiger partial charge on any atom is 0.410 e. The number of rotatable bonds is 5. The van der Waals surface area contributed by atoms with Crippen molar-refractivity contribution in [2.24, 2.45) is 0 Å². The molecule has 2 amide bonds. The summed E-state index contributed by atoms with van der Waals surface area (Å²) in [6, 6.07) is 3.58. The highest BCUT2D eigenvalue weighted by atomic mass is 32.1. The van der Waals surface area contributed by atoms with Crippen molar-refractivity contribution in [3.8, 4) is 12.3 Å². The fourth-order valence-electron chi connectivity index (χ4n) is 2.75. The molecule has 0 aromatic carbocycles. The Kier molecular flexibility index (Phi) is 5.92. The van der Waals surface area contributed by atoms with E-state index in [1.807, 2.05) is 0 Å². The summed E-state index contributed by atoms with van der Waals surface area (Å²) in [7, 11) is 0. The van der Waals surface area contributed by atoms with Gasteiger partial charge >= 0.3 is 6.09 Å². The number of hydrogen-bond acceptors (Lipinski definition) is 6. The van der Waals surface area contributed by atoms with Crippen molar-refractivity contribution in [3.63, 3.8) is 0 Å². The highest BCUT2D eigenvalue weighted by Crippen LogP contribution is 2.30. The number of thiazole rings is 1. The number of likely N-dealkylation sites (tertiary alicyclic amines) is 1. The van der Waals surface area contributed by atoms with E-state index in [1.54, 1.807) is 28.7 Å². The van der Waals surface area contributed by atoms with E-state index in [2.05, 4.69) is 16.2 Å². The lowest BCUT2D eigenvalue weighted by Gasteiger charge is -2.30. The number of carbonyl (C=O) groups excluding carboxylic acids is 2. The summed E-state index contributed by atoms with van der Waals surface area (Å²) in [6.45, 7) is 1.50. The zero-order valence-corrected chi connectivity index (χ0v) is 15.0. The van der Waals surface area contributed by atoms with Gasteiger partial charge in [0.15, 0.2) is 6.61 Å². The molecule has 1 fully saturated rings. The molecular formula is C18H19N3O4S. The number of carbonyl (C=O) groups is 2. The number of aromatic nitrogens is 1. The van der Waals surface area contributed by atoms with E-state index >= 15 is 0 Å². The Morgan fingerprint density at radius 2 is 2.27 bits per heavy atom. The largest absolute Gasteiger partial charge is 0.467 e. The van der Waals surface area contributed by atoms with Gasteiger partial charge in [0.25, 0.3) is 5.91 Å². The van der Waals surface area contributed by atoms with Gasteiger partial charge in [0.1, 0.15) is 11.5 Å². The molecule has 0 atom stereocenters. The number of amides is 2. The minimum Gasteiger partial charge on any atom is -0.467 e. The Hall–Kier alpha value is -2.79. The first-order valence-corrected chi connectivity index (χ1v) is 9.16. The summed E-state index contributed by atoms with van der Waals surface area (Å²) in [5, 5.41) is 5.47. The molecule has 2 aromatic heterocycles. The van der Waals surface area contributed by atoms with E-state index in [9.17, 15) is 9.59 Å². The fraction of sp³-hybridized carbons (Fsp3) is 0.389. The number of furan rings is 1. The third kappa shape index (κ3) is 4.43. The Morgan fingerprint density at radius 1 is 1.46 bits per heavy atom. The quantitative estimate of drug-likeness (QED) is 0.815. The van der Waals surface area contributed by atoms with Crippen LogP contribution in [0.1, 0.15) is 40.0 Å². The van der Waals surface area contributed by atoms with Crippen LogP contribution in [0.15, 0.2) is 28.2 Å². The first-order valence-electron chi connectivity index (χ1n) is 8.28. The standard InChI is InChI=1S/C18H19N3O4S/c1-2-9-25-18(23)21-7-5-13(6-8-21)17-20-15(12-26-17)16(22)19-11-14-4-3-10-24-14/h1,3-4,10,12-13H,5-9,11H2,(H,19,22). The molecule has 0 aliphatic carbocycles. The van der Waals surface area contributed by atoms with Crippen LogP contribution < -0.4 is 5.32 Å². The van der Waals surface area contributed by atoms with E-state index in [-0.39, 0.29) is 24.5 Å². The van der Waals surface area contributed by atoms with Crippen LogP contribution in [0.25, 0.3) is 0 Å². The van der Waals surface area contributed by atoms with Crippen molar-refractivity contribution < 1.29 is 18.7 Å². The maximum atomic E-state index is 12.2. The van der Waals surface area contributed by atoms with Gasteiger partial charge in [-0.1, -0.05) is 5.92 Å². The molecule has 136 valence electrons. The minimum atomic E-state index is -0.376. The van der Waals surface area contributed by atoms with Crippen molar-refractivity contribution in [2.75, 3.05) is 19.7 Å². The van der Waals surface area contributed by atoms with Gasteiger partial charge in [-0.05, 0) is 25.0 Å². The van der Waals surface area contributed by atoms with Gasteiger partial charge in [-0.15, -0.1) is 17.8 Å². The number of piperidine rings is 1. The summed E-state index contributed by atoms with van der Waals surface area (Å²) in [5.41, 5.74) is 0.410. The van der Waals surface area contributed by atoms with Crippen molar-refractivity contribution in [1.29, 1.82) is 0 Å². The Morgan fingerprint density at radius 3 is 2.96 bits per heavy atom. The monoisotopic (exact) mass is 373 g/mol. The van der Waals surface area contributed by atoms with Crippen LogP contribution in [0.3, 0.4) is 0 Å². The maximum absolute atomic E-state index is 12.2. The number of terminal acetylenes is 1.